The zero-order valence-electron chi connectivity index (χ0n) is 17.3. The lowest BCUT2D eigenvalue weighted by molar-refractivity contribution is 0.122. The fraction of sp³-hybridized carbons (Fsp3) is 0.286. The molecular formula is C21H21ClFN7O2. The minimum Gasteiger partial charge on any atom is -0.480 e. The van der Waals surface area contributed by atoms with Crippen LogP contribution < -0.4 is 15.0 Å². The summed E-state index contributed by atoms with van der Waals surface area (Å²) in [4.78, 5) is 14.3. The van der Waals surface area contributed by atoms with E-state index >= 15 is 0 Å². The van der Waals surface area contributed by atoms with Crippen LogP contribution in [-0.4, -0.2) is 48.4 Å². The van der Waals surface area contributed by atoms with E-state index in [-0.39, 0.29) is 18.3 Å². The topological polar surface area (TPSA) is 97.1 Å². The first kappa shape index (κ1) is 21.8. The first-order valence-electron chi connectivity index (χ1n) is 9.91. The molecule has 0 atom stereocenters. The van der Waals surface area contributed by atoms with Crippen LogP contribution in [0.25, 0.3) is 0 Å². The fourth-order valence-electron chi connectivity index (χ4n) is 3.10. The van der Waals surface area contributed by atoms with Crippen LogP contribution in [0.15, 0.2) is 52.8 Å². The average Bonchev–Trinajstić information content (AvgIpc) is 2.81. The Morgan fingerprint density at radius 1 is 1.22 bits per heavy atom. The van der Waals surface area contributed by atoms with E-state index in [9.17, 15) is 4.39 Å². The molecule has 0 aliphatic carbocycles. The summed E-state index contributed by atoms with van der Waals surface area (Å²) in [6.45, 7) is 2.35. The van der Waals surface area contributed by atoms with Gasteiger partial charge in [0.05, 0.1) is 32.2 Å². The Bertz CT molecular complexity index is 1110. The number of azo groups is 1. The first-order valence-corrected chi connectivity index (χ1v) is 10.3. The number of morpholine rings is 1. The Labute approximate surface area is 189 Å². The molecule has 0 radical (unpaired) electrons. The molecule has 1 aliphatic rings. The summed E-state index contributed by atoms with van der Waals surface area (Å²) >= 11 is 6.03. The van der Waals surface area contributed by atoms with Crippen LogP contribution in [0.5, 0.6) is 5.88 Å². The maximum absolute atomic E-state index is 14.1. The molecule has 4 rings (SSSR count). The molecule has 0 spiro atoms. The van der Waals surface area contributed by atoms with Gasteiger partial charge in [0.2, 0.25) is 5.88 Å². The number of halogens is 2. The SMILES string of the molecule is COc1nc(CN=Nc2ncc(F)c(N3CCOCC3)n2)ccc1Nc1cccc(Cl)c1. The molecule has 166 valence electrons. The number of ether oxygens (including phenoxy) is 2. The number of pyridine rings is 1. The van der Waals surface area contributed by atoms with Crippen LogP contribution in [0, 0.1) is 5.82 Å². The molecule has 1 fully saturated rings. The number of methoxy groups -OCH3 is 1. The number of anilines is 3. The highest BCUT2D eigenvalue weighted by Crippen LogP contribution is 2.27. The van der Waals surface area contributed by atoms with Gasteiger partial charge in [0, 0.05) is 23.8 Å². The van der Waals surface area contributed by atoms with Gasteiger partial charge in [0.1, 0.15) is 12.2 Å². The van der Waals surface area contributed by atoms with Gasteiger partial charge in [-0.2, -0.15) is 10.1 Å². The van der Waals surface area contributed by atoms with Crippen molar-refractivity contribution in [2.45, 2.75) is 6.54 Å². The number of aromatic nitrogens is 3. The van der Waals surface area contributed by atoms with Crippen LogP contribution in [0.1, 0.15) is 5.69 Å². The van der Waals surface area contributed by atoms with E-state index in [2.05, 4.69) is 30.5 Å². The second-order valence-corrected chi connectivity index (χ2v) is 7.27. The summed E-state index contributed by atoms with van der Waals surface area (Å²) in [6.07, 6.45) is 1.10. The van der Waals surface area contributed by atoms with Crippen LogP contribution in [0.4, 0.5) is 27.5 Å². The van der Waals surface area contributed by atoms with Crippen molar-refractivity contribution in [2.24, 2.45) is 10.2 Å². The lowest BCUT2D eigenvalue weighted by Gasteiger charge is -2.27. The second kappa shape index (κ2) is 10.3. The van der Waals surface area contributed by atoms with E-state index in [4.69, 9.17) is 21.1 Å². The Kier molecular flexibility index (Phi) is 7.03. The van der Waals surface area contributed by atoms with Gasteiger partial charge in [0.25, 0.3) is 5.95 Å². The third-order valence-electron chi connectivity index (χ3n) is 4.63. The maximum atomic E-state index is 14.1. The Balaban J connectivity index is 1.44. The van der Waals surface area contributed by atoms with Crippen molar-refractivity contribution in [1.82, 2.24) is 15.0 Å². The van der Waals surface area contributed by atoms with E-state index in [1.54, 1.807) is 23.1 Å². The predicted octanol–water partition coefficient (Wildman–Crippen LogP) is 4.54. The van der Waals surface area contributed by atoms with Crippen LogP contribution >= 0.6 is 11.6 Å². The molecular weight excluding hydrogens is 437 g/mol. The zero-order valence-corrected chi connectivity index (χ0v) is 18.1. The molecule has 1 N–H and O–H groups in total. The molecule has 3 aromatic rings. The fourth-order valence-corrected chi connectivity index (χ4v) is 3.29. The van der Waals surface area contributed by atoms with E-state index in [1.165, 1.54) is 7.11 Å². The van der Waals surface area contributed by atoms with Gasteiger partial charge < -0.3 is 19.7 Å². The molecule has 32 heavy (non-hydrogen) atoms. The molecule has 3 heterocycles. The predicted molar refractivity (Wildman–Crippen MR) is 119 cm³/mol. The largest absolute Gasteiger partial charge is 0.480 e. The molecule has 9 nitrogen and oxygen atoms in total. The Morgan fingerprint density at radius 3 is 2.84 bits per heavy atom. The van der Waals surface area contributed by atoms with Crippen molar-refractivity contribution in [1.29, 1.82) is 0 Å². The third-order valence-corrected chi connectivity index (χ3v) is 4.87. The van der Waals surface area contributed by atoms with Crippen molar-refractivity contribution in [3.05, 3.63) is 59.1 Å². The Hall–Kier alpha value is -3.37. The highest BCUT2D eigenvalue weighted by Gasteiger charge is 2.17. The molecule has 11 heteroatoms. The van der Waals surface area contributed by atoms with Gasteiger partial charge in [-0.3, -0.25) is 0 Å². The molecule has 1 aliphatic heterocycles. The minimum atomic E-state index is -0.500. The molecule has 0 bridgehead atoms. The number of nitrogens with zero attached hydrogens (tertiary/aromatic N) is 6. The lowest BCUT2D eigenvalue weighted by Crippen LogP contribution is -2.37. The highest BCUT2D eigenvalue weighted by molar-refractivity contribution is 6.30. The molecule has 2 aromatic heterocycles. The van der Waals surface area contributed by atoms with Crippen molar-refractivity contribution in [2.75, 3.05) is 43.6 Å². The summed E-state index contributed by atoms with van der Waals surface area (Å²) in [5, 5.41) is 12.0. The van der Waals surface area contributed by atoms with Gasteiger partial charge in [-0.05, 0) is 30.3 Å². The van der Waals surface area contributed by atoms with Gasteiger partial charge in [-0.1, -0.05) is 17.7 Å². The van der Waals surface area contributed by atoms with E-state index in [0.29, 0.717) is 48.6 Å². The molecule has 0 unspecified atom stereocenters. The summed E-state index contributed by atoms with van der Waals surface area (Å²) in [5.74, 6) is 0.193. The zero-order chi connectivity index (χ0) is 22.3. The second-order valence-electron chi connectivity index (χ2n) is 6.84. The van der Waals surface area contributed by atoms with E-state index in [1.807, 2.05) is 18.2 Å². The monoisotopic (exact) mass is 457 g/mol. The van der Waals surface area contributed by atoms with Gasteiger partial charge >= 0.3 is 0 Å². The highest BCUT2D eigenvalue weighted by atomic mass is 35.5. The van der Waals surface area contributed by atoms with Crippen LogP contribution in [0.3, 0.4) is 0 Å². The van der Waals surface area contributed by atoms with Crippen molar-refractivity contribution < 1.29 is 13.9 Å². The van der Waals surface area contributed by atoms with Crippen molar-refractivity contribution in [3.63, 3.8) is 0 Å². The van der Waals surface area contributed by atoms with Gasteiger partial charge in [0.15, 0.2) is 11.6 Å². The summed E-state index contributed by atoms with van der Waals surface area (Å²) in [7, 11) is 1.54. The number of hydrogen-bond acceptors (Lipinski definition) is 9. The number of rotatable bonds is 7. The lowest BCUT2D eigenvalue weighted by atomic mass is 10.3. The molecule has 0 saturated carbocycles. The van der Waals surface area contributed by atoms with Gasteiger partial charge in [-0.15, -0.1) is 5.11 Å². The first-order chi connectivity index (χ1) is 15.6. The smallest absolute Gasteiger partial charge is 0.270 e. The maximum Gasteiger partial charge on any atom is 0.270 e. The van der Waals surface area contributed by atoms with E-state index < -0.39 is 5.82 Å². The Morgan fingerprint density at radius 2 is 2.06 bits per heavy atom. The normalized spacial score (nSPS) is 14.0. The van der Waals surface area contributed by atoms with Crippen LogP contribution in [0.2, 0.25) is 5.02 Å². The van der Waals surface area contributed by atoms with Crippen molar-refractivity contribution >= 4 is 34.7 Å². The standard InChI is InChI=1S/C21H21ClFN7O2/c1-31-20-18(26-15-4-2-3-14(22)11-15)6-5-16(27-20)12-25-29-21-24-13-17(23)19(28-21)30-7-9-32-10-8-30/h2-6,11,13,26H,7-10,12H2,1H3. The summed E-state index contributed by atoms with van der Waals surface area (Å²) in [5.41, 5.74) is 2.14. The number of hydrogen-bond donors (Lipinski definition) is 1. The van der Waals surface area contributed by atoms with Gasteiger partial charge in [-0.25, -0.2) is 14.4 Å². The summed E-state index contributed by atoms with van der Waals surface area (Å²) in [6, 6.07) is 11.0. The molecule has 1 aromatic carbocycles. The van der Waals surface area contributed by atoms with Crippen LogP contribution in [-0.2, 0) is 11.3 Å². The average molecular weight is 458 g/mol. The summed E-state index contributed by atoms with van der Waals surface area (Å²) < 4.78 is 24.8. The molecule has 0 amide bonds. The number of nitrogens with one attached hydrogen (secondary N) is 1. The third kappa shape index (κ3) is 5.45. The number of benzene rings is 1. The quantitative estimate of drug-likeness (QED) is 0.520. The van der Waals surface area contributed by atoms with Crippen molar-refractivity contribution in [3.8, 4) is 5.88 Å². The minimum absolute atomic E-state index is 0.0825. The van der Waals surface area contributed by atoms with E-state index in [0.717, 1.165) is 11.9 Å². The molecule has 1 saturated heterocycles.